The van der Waals surface area contributed by atoms with Crippen LogP contribution in [0, 0.1) is 0 Å². The summed E-state index contributed by atoms with van der Waals surface area (Å²) in [7, 11) is 4.95. The van der Waals surface area contributed by atoms with Crippen LogP contribution in [0.25, 0.3) is 11.4 Å². The van der Waals surface area contributed by atoms with Crippen LogP contribution in [0.5, 0.6) is 5.75 Å². The van der Waals surface area contributed by atoms with Gasteiger partial charge in [-0.25, -0.2) is 9.48 Å². The summed E-state index contributed by atoms with van der Waals surface area (Å²) in [6, 6.07) is 7.43. The largest absolute Gasteiger partial charge is 0.497 e. The van der Waals surface area contributed by atoms with Crippen molar-refractivity contribution in [3.63, 3.8) is 0 Å². The lowest BCUT2D eigenvalue weighted by Gasteiger charge is -2.01. The molecule has 0 radical (unpaired) electrons. The smallest absolute Gasteiger partial charge is 0.345 e. The third kappa shape index (κ3) is 1.60. The van der Waals surface area contributed by atoms with Crippen molar-refractivity contribution in [1.82, 2.24) is 14.3 Å². The molecule has 1 aromatic carbocycles. The number of ether oxygens (including phenoxy) is 1. The van der Waals surface area contributed by atoms with Crippen molar-refractivity contribution in [3.8, 4) is 17.1 Å². The topological polar surface area (TPSA) is 49.1 Å². The van der Waals surface area contributed by atoms with Gasteiger partial charge in [-0.15, -0.1) is 5.10 Å². The van der Waals surface area contributed by atoms with Crippen LogP contribution in [-0.4, -0.2) is 21.5 Å². The monoisotopic (exact) mass is 219 g/mol. The van der Waals surface area contributed by atoms with Crippen LogP contribution in [0.4, 0.5) is 0 Å². The Morgan fingerprint density at radius 1 is 1.19 bits per heavy atom. The van der Waals surface area contributed by atoms with Crippen LogP contribution in [0.1, 0.15) is 0 Å². The highest BCUT2D eigenvalue weighted by atomic mass is 16.5. The van der Waals surface area contributed by atoms with E-state index < -0.39 is 0 Å². The molecule has 0 aliphatic carbocycles. The Labute approximate surface area is 92.9 Å². The van der Waals surface area contributed by atoms with Gasteiger partial charge in [0.15, 0.2) is 5.82 Å². The number of methoxy groups -OCH3 is 1. The first-order valence-electron chi connectivity index (χ1n) is 4.88. The molecule has 5 nitrogen and oxygen atoms in total. The summed E-state index contributed by atoms with van der Waals surface area (Å²) in [5.74, 6) is 1.43. The SMILES string of the molecule is COc1ccc(-c2nn(C)c(=O)n2C)cc1. The maximum atomic E-state index is 11.5. The van der Waals surface area contributed by atoms with Gasteiger partial charge in [0.25, 0.3) is 0 Å². The number of rotatable bonds is 2. The normalized spacial score (nSPS) is 10.4. The number of nitrogens with zero attached hydrogens (tertiary/aromatic N) is 3. The zero-order valence-corrected chi connectivity index (χ0v) is 9.47. The fraction of sp³-hybridized carbons (Fsp3) is 0.273. The van der Waals surface area contributed by atoms with Crippen LogP contribution in [0.3, 0.4) is 0 Å². The summed E-state index contributed by atoms with van der Waals surface area (Å²) < 4.78 is 7.90. The van der Waals surface area contributed by atoms with Crippen molar-refractivity contribution < 1.29 is 4.74 Å². The van der Waals surface area contributed by atoms with Gasteiger partial charge >= 0.3 is 5.69 Å². The minimum Gasteiger partial charge on any atom is -0.497 e. The third-order valence-electron chi connectivity index (χ3n) is 2.47. The van der Waals surface area contributed by atoms with Gasteiger partial charge in [0, 0.05) is 19.7 Å². The zero-order valence-electron chi connectivity index (χ0n) is 9.47. The van der Waals surface area contributed by atoms with Gasteiger partial charge in [0.05, 0.1) is 7.11 Å². The highest BCUT2D eigenvalue weighted by Gasteiger charge is 2.09. The molecule has 0 spiro atoms. The number of hydrogen-bond acceptors (Lipinski definition) is 3. The van der Waals surface area contributed by atoms with E-state index in [2.05, 4.69) is 5.10 Å². The molecular formula is C11H13N3O2. The molecule has 0 aliphatic heterocycles. The van der Waals surface area contributed by atoms with E-state index >= 15 is 0 Å². The molecular weight excluding hydrogens is 206 g/mol. The molecule has 2 rings (SSSR count). The van der Waals surface area contributed by atoms with Gasteiger partial charge in [-0.2, -0.15) is 0 Å². The summed E-state index contributed by atoms with van der Waals surface area (Å²) in [6.45, 7) is 0. The van der Waals surface area contributed by atoms with Crippen molar-refractivity contribution in [2.24, 2.45) is 14.1 Å². The molecule has 16 heavy (non-hydrogen) atoms. The van der Waals surface area contributed by atoms with E-state index in [1.54, 1.807) is 21.2 Å². The fourth-order valence-corrected chi connectivity index (χ4v) is 1.55. The van der Waals surface area contributed by atoms with Gasteiger partial charge in [0.1, 0.15) is 5.75 Å². The molecule has 0 saturated carbocycles. The number of aryl methyl sites for hydroxylation is 1. The Morgan fingerprint density at radius 2 is 1.81 bits per heavy atom. The molecule has 84 valence electrons. The van der Waals surface area contributed by atoms with Crippen LogP contribution in [0.2, 0.25) is 0 Å². The lowest BCUT2D eigenvalue weighted by Crippen LogP contribution is -2.20. The van der Waals surface area contributed by atoms with Gasteiger partial charge in [0.2, 0.25) is 0 Å². The van der Waals surface area contributed by atoms with Crippen molar-refractivity contribution in [1.29, 1.82) is 0 Å². The minimum absolute atomic E-state index is 0.134. The summed E-state index contributed by atoms with van der Waals surface area (Å²) in [5.41, 5.74) is 0.756. The van der Waals surface area contributed by atoms with E-state index in [1.165, 1.54) is 9.25 Å². The van der Waals surface area contributed by atoms with Crippen molar-refractivity contribution in [3.05, 3.63) is 34.7 Å². The van der Waals surface area contributed by atoms with Crippen LogP contribution in [-0.2, 0) is 14.1 Å². The maximum Gasteiger partial charge on any atom is 0.345 e. The van der Waals surface area contributed by atoms with Gasteiger partial charge in [-0.3, -0.25) is 4.57 Å². The third-order valence-corrected chi connectivity index (χ3v) is 2.47. The lowest BCUT2D eigenvalue weighted by atomic mass is 10.2. The molecule has 0 aliphatic rings. The Hall–Kier alpha value is -2.04. The quantitative estimate of drug-likeness (QED) is 0.750. The molecule has 1 heterocycles. The zero-order chi connectivity index (χ0) is 11.7. The molecule has 1 aromatic heterocycles. The molecule has 0 saturated heterocycles. The molecule has 0 bridgehead atoms. The Kier molecular flexibility index (Phi) is 2.52. The molecule has 2 aromatic rings. The van der Waals surface area contributed by atoms with Crippen LogP contribution < -0.4 is 10.4 Å². The average Bonchev–Trinajstić information content (AvgIpc) is 2.57. The van der Waals surface area contributed by atoms with Gasteiger partial charge in [-0.1, -0.05) is 0 Å². The summed E-state index contributed by atoms with van der Waals surface area (Å²) in [5, 5.41) is 4.16. The Bertz CT molecular complexity index is 552. The minimum atomic E-state index is -0.134. The van der Waals surface area contributed by atoms with E-state index in [-0.39, 0.29) is 5.69 Å². The van der Waals surface area contributed by atoms with Crippen molar-refractivity contribution in [2.75, 3.05) is 7.11 Å². The second-order valence-corrected chi connectivity index (χ2v) is 3.52. The van der Waals surface area contributed by atoms with E-state index in [1.807, 2.05) is 24.3 Å². The predicted molar refractivity (Wildman–Crippen MR) is 60.4 cm³/mol. The number of hydrogen-bond donors (Lipinski definition) is 0. The van der Waals surface area contributed by atoms with Gasteiger partial charge < -0.3 is 4.74 Å². The van der Waals surface area contributed by atoms with Gasteiger partial charge in [-0.05, 0) is 24.3 Å². The highest BCUT2D eigenvalue weighted by Crippen LogP contribution is 2.18. The number of aromatic nitrogens is 3. The van der Waals surface area contributed by atoms with Crippen LogP contribution >= 0.6 is 0 Å². The lowest BCUT2D eigenvalue weighted by molar-refractivity contribution is 0.415. The first-order chi connectivity index (χ1) is 7.63. The predicted octanol–water partition coefficient (Wildman–Crippen LogP) is 0.794. The van der Waals surface area contributed by atoms with Crippen LogP contribution in [0.15, 0.2) is 29.1 Å². The second-order valence-electron chi connectivity index (χ2n) is 3.52. The maximum absolute atomic E-state index is 11.5. The summed E-state index contributed by atoms with van der Waals surface area (Å²) in [6.07, 6.45) is 0. The van der Waals surface area contributed by atoms with E-state index in [4.69, 9.17) is 4.74 Å². The first kappa shape index (κ1) is 10.5. The van der Waals surface area contributed by atoms with E-state index in [9.17, 15) is 4.79 Å². The van der Waals surface area contributed by atoms with E-state index in [0.29, 0.717) is 5.82 Å². The molecule has 5 heteroatoms. The highest BCUT2D eigenvalue weighted by molar-refractivity contribution is 5.56. The molecule has 0 fully saturated rings. The van der Waals surface area contributed by atoms with Crippen molar-refractivity contribution in [2.45, 2.75) is 0 Å². The number of benzene rings is 1. The summed E-state index contributed by atoms with van der Waals surface area (Å²) in [4.78, 5) is 11.5. The Balaban J connectivity index is 2.50. The Morgan fingerprint density at radius 3 is 2.25 bits per heavy atom. The standard InChI is InChI=1S/C11H13N3O2/c1-13-10(12-14(2)11(13)15)8-4-6-9(16-3)7-5-8/h4-7H,1-3H3. The molecule has 0 unspecified atom stereocenters. The average molecular weight is 219 g/mol. The fourth-order valence-electron chi connectivity index (χ4n) is 1.55. The first-order valence-corrected chi connectivity index (χ1v) is 4.88. The van der Waals surface area contributed by atoms with E-state index in [0.717, 1.165) is 11.3 Å². The molecule has 0 N–H and O–H groups in total. The molecule has 0 atom stereocenters. The summed E-state index contributed by atoms with van der Waals surface area (Å²) >= 11 is 0. The van der Waals surface area contributed by atoms with Crippen molar-refractivity contribution >= 4 is 0 Å². The molecule has 0 amide bonds. The second kappa shape index (κ2) is 3.84.